The van der Waals surface area contributed by atoms with Crippen molar-refractivity contribution in [3.63, 3.8) is 0 Å². The standard InChI is InChI=1S/C24H27FN2O2/c25-20-10-8-18(9-11-20)13-27-21(14-28)23(19-4-2-1-3-5-19)24(27)15-26(16-24)22(29)12-17-6-7-17/h1-5,8-11,17,21,23,28H,6-7,12-16H2/t21-,23-/m1/s1. The molecule has 2 aromatic rings. The molecule has 1 saturated carbocycles. The zero-order valence-corrected chi connectivity index (χ0v) is 16.5. The number of aliphatic hydroxyl groups is 1. The second-order valence-corrected chi connectivity index (χ2v) is 8.89. The van der Waals surface area contributed by atoms with Crippen LogP contribution in [0.4, 0.5) is 4.39 Å². The summed E-state index contributed by atoms with van der Waals surface area (Å²) in [5, 5.41) is 10.2. The van der Waals surface area contributed by atoms with Crippen LogP contribution < -0.4 is 0 Å². The third-order valence-electron chi connectivity index (χ3n) is 6.99. The number of hydrogen-bond acceptors (Lipinski definition) is 3. The van der Waals surface area contributed by atoms with Gasteiger partial charge in [-0.05, 0) is 42.0 Å². The first-order valence-corrected chi connectivity index (χ1v) is 10.6. The summed E-state index contributed by atoms with van der Waals surface area (Å²) >= 11 is 0. The number of hydrogen-bond donors (Lipinski definition) is 1. The lowest BCUT2D eigenvalue weighted by molar-refractivity contribution is -0.200. The first-order chi connectivity index (χ1) is 14.1. The molecule has 1 N–H and O–H groups in total. The molecule has 3 fully saturated rings. The summed E-state index contributed by atoms with van der Waals surface area (Å²) in [7, 11) is 0. The molecule has 1 aliphatic carbocycles. The molecule has 2 aromatic carbocycles. The van der Waals surface area contributed by atoms with E-state index in [2.05, 4.69) is 17.0 Å². The van der Waals surface area contributed by atoms with Crippen LogP contribution in [0.2, 0.25) is 0 Å². The predicted octanol–water partition coefficient (Wildman–Crippen LogP) is 3.17. The van der Waals surface area contributed by atoms with Crippen molar-refractivity contribution in [3.8, 4) is 0 Å². The van der Waals surface area contributed by atoms with Gasteiger partial charge in [-0.15, -0.1) is 0 Å². The minimum atomic E-state index is -0.242. The predicted molar refractivity (Wildman–Crippen MR) is 109 cm³/mol. The van der Waals surface area contributed by atoms with E-state index in [9.17, 15) is 14.3 Å². The molecule has 29 heavy (non-hydrogen) atoms. The second kappa shape index (κ2) is 7.22. The van der Waals surface area contributed by atoms with Gasteiger partial charge in [0.2, 0.25) is 5.91 Å². The van der Waals surface area contributed by atoms with Crippen LogP contribution in [0.5, 0.6) is 0 Å². The van der Waals surface area contributed by atoms with Gasteiger partial charge in [0.15, 0.2) is 0 Å². The first kappa shape index (κ1) is 18.8. The Bertz CT molecular complexity index is 876. The van der Waals surface area contributed by atoms with Gasteiger partial charge >= 0.3 is 0 Å². The largest absolute Gasteiger partial charge is 0.395 e. The zero-order chi connectivity index (χ0) is 20.0. The molecule has 3 aliphatic rings. The number of amides is 1. The Morgan fingerprint density at radius 3 is 2.38 bits per heavy atom. The van der Waals surface area contributed by atoms with E-state index < -0.39 is 0 Å². The molecule has 0 unspecified atom stereocenters. The SMILES string of the molecule is O=C(CC1CC1)N1CC2(C1)[C@H](c1ccccc1)[C@@H](CO)N2Cc1ccc(F)cc1. The highest BCUT2D eigenvalue weighted by Crippen LogP contribution is 2.54. The number of halogens is 1. The number of benzene rings is 2. The molecule has 1 amide bonds. The molecule has 0 aromatic heterocycles. The van der Waals surface area contributed by atoms with Crippen molar-refractivity contribution < 1.29 is 14.3 Å². The van der Waals surface area contributed by atoms with E-state index >= 15 is 0 Å². The maximum Gasteiger partial charge on any atom is 0.222 e. The minimum absolute atomic E-state index is 0.00290. The smallest absolute Gasteiger partial charge is 0.222 e. The van der Waals surface area contributed by atoms with Gasteiger partial charge in [-0.3, -0.25) is 9.69 Å². The maximum atomic E-state index is 13.3. The zero-order valence-electron chi connectivity index (χ0n) is 16.5. The Labute approximate surface area is 170 Å². The Morgan fingerprint density at radius 1 is 1.07 bits per heavy atom. The Hall–Kier alpha value is -2.24. The summed E-state index contributed by atoms with van der Waals surface area (Å²) in [5.74, 6) is 0.803. The molecule has 0 bridgehead atoms. The molecule has 1 spiro atoms. The van der Waals surface area contributed by atoms with E-state index in [0.29, 0.717) is 32.0 Å². The summed E-state index contributed by atoms with van der Waals surface area (Å²) in [6.45, 7) is 2.13. The topological polar surface area (TPSA) is 43.8 Å². The normalized spacial score (nSPS) is 25.5. The van der Waals surface area contributed by atoms with Crippen LogP contribution in [0.15, 0.2) is 54.6 Å². The highest BCUT2D eigenvalue weighted by atomic mass is 19.1. The van der Waals surface area contributed by atoms with Crippen LogP contribution >= 0.6 is 0 Å². The average Bonchev–Trinajstić information content (AvgIpc) is 3.50. The summed E-state index contributed by atoms with van der Waals surface area (Å²) in [5.41, 5.74) is 2.09. The van der Waals surface area contributed by atoms with Gasteiger partial charge in [0.1, 0.15) is 5.82 Å². The summed E-state index contributed by atoms with van der Waals surface area (Å²) in [6, 6.07) is 16.9. The third kappa shape index (κ3) is 3.26. The fraction of sp³-hybridized carbons (Fsp3) is 0.458. The van der Waals surface area contributed by atoms with Gasteiger partial charge in [-0.2, -0.15) is 0 Å². The summed E-state index contributed by atoms with van der Waals surface area (Å²) in [6.07, 6.45) is 3.04. The number of carbonyl (C=O) groups excluding carboxylic acids is 1. The minimum Gasteiger partial charge on any atom is -0.395 e. The number of likely N-dealkylation sites (tertiary alicyclic amines) is 2. The van der Waals surface area contributed by atoms with Gasteiger partial charge in [-0.25, -0.2) is 4.39 Å². The highest BCUT2D eigenvalue weighted by Gasteiger charge is 2.66. The van der Waals surface area contributed by atoms with Crippen LogP contribution in [0.25, 0.3) is 0 Å². The first-order valence-electron chi connectivity index (χ1n) is 10.6. The van der Waals surface area contributed by atoms with Gasteiger partial charge in [-0.1, -0.05) is 42.5 Å². The van der Waals surface area contributed by atoms with E-state index in [1.165, 1.54) is 30.5 Å². The van der Waals surface area contributed by atoms with E-state index in [1.54, 1.807) is 0 Å². The van der Waals surface area contributed by atoms with Crippen molar-refractivity contribution in [2.75, 3.05) is 19.7 Å². The van der Waals surface area contributed by atoms with Crippen molar-refractivity contribution in [1.29, 1.82) is 0 Å². The average molecular weight is 394 g/mol. The monoisotopic (exact) mass is 394 g/mol. The molecule has 5 rings (SSSR count). The molecule has 2 heterocycles. The van der Waals surface area contributed by atoms with Crippen molar-refractivity contribution >= 4 is 5.91 Å². The quantitative estimate of drug-likeness (QED) is 0.819. The molecular weight excluding hydrogens is 367 g/mol. The van der Waals surface area contributed by atoms with Crippen molar-refractivity contribution in [3.05, 3.63) is 71.5 Å². The van der Waals surface area contributed by atoms with Crippen LogP contribution in [0.1, 0.15) is 36.3 Å². The lowest BCUT2D eigenvalue weighted by atomic mass is 9.60. The van der Waals surface area contributed by atoms with Crippen molar-refractivity contribution in [2.24, 2.45) is 5.92 Å². The lowest BCUT2D eigenvalue weighted by Gasteiger charge is -2.71. The summed E-state index contributed by atoms with van der Waals surface area (Å²) in [4.78, 5) is 16.9. The van der Waals surface area contributed by atoms with E-state index in [0.717, 1.165) is 5.56 Å². The van der Waals surface area contributed by atoms with Crippen LogP contribution in [-0.2, 0) is 11.3 Å². The van der Waals surface area contributed by atoms with Crippen LogP contribution in [0.3, 0.4) is 0 Å². The van der Waals surface area contributed by atoms with Gasteiger partial charge in [0.05, 0.1) is 12.1 Å². The number of aliphatic hydroxyl groups excluding tert-OH is 1. The van der Waals surface area contributed by atoms with E-state index in [4.69, 9.17) is 0 Å². The fourth-order valence-corrected chi connectivity index (χ4v) is 5.29. The molecular formula is C24H27FN2O2. The van der Waals surface area contributed by atoms with E-state index in [1.807, 2.05) is 35.2 Å². The number of nitrogens with zero attached hydrogens (tertiary/aromatic N) is 2. The van der Waals surface area contributed by atoms with Gasteiger partial charge < -0.3 is 10.0 Å². The van der Waals surface area contributed by atoms with Gasteiger partial charge in [0.25, 0.3) is 0 Å². The molecule has 0 radical (unpaired) electrons. The highest BCUT2D eigenvalue weighted by molar-refractivity contribution is 5.78. The van der Waals surface area contributed by atoms with Crippen LogP contribution in [0, 0.1) is 11.7 Å². The molecule has 2 saturated heterocycles. The summed E-state index contributed by atoms with van der Waals surface area (Å²) < 4.78 is 13.3. The maximum absolute atomic E-state index is 13.3. The Morgan fingerprint density at radius 2 is 1.76 bits per heavy atom. The fourth-order valence-electron chi connectivity index (χ4n) is 5.29. The number of carbonyl (C=O) groups is 1. The molecule has 4 nitrogen and oxygen atoms in total. The van der Waals surface area contributed by atoms with Crippen LogP contribution in [-0.4, -0.2) is 52.1 Å². The Balaban J connectivity index is 1.40. The third-order valence-corrected chi connectivity index (χ3v) is 6.99. The number of rotatable bonds is 6. The second-order valence-electron chi connectivity index (χ2n) is 8.89. The molecule has 5 heteroatoms. The molecule has 2 aliphatic heterocycles. The van der Waals surface area contributed by atoms with Crippen molar-refractivity contribution in [1.82, 2.24) is 9.80 Å². The van der Waals surface area contributed by atoms with Crippen molar-refractivity contribution in [2.45, 2.75) is 43.3 Å². The molecule has 2 atom stereocenters. The van der Waals surface area contributed by atoms with E-state index in [-0.39, 0.29) is 35.8 Å². The molecule has 152 valence electrons. The Kier molecular flexibility index (Phi) is 4.67. The van der Waals surface area contributed by atoms with Gasteiger partial charge in [0, 0.05) is 38.0 Å². The lowest BCUT2D eigenvalue weighted by Crippen LogP contribution is -2.84.